The Kier molecular flexibility index (Phi) is 2.87. The Labute approximate surface area is 115 Å². The van der Waals surface area contributed by atoms with E-state index in [0.717, 1.165) is 42.7 Å². The summed E-state index contributed by atoms with van der Waals surface area (Å²) >= 11 is 0. The van der Waals surface area contributed by atoms with Crippen molar-refractivity contribution in [2.45, 2.75) is 70.5 Å². The first-order valence-electron chi connectivity index (χ1n) is 7.92. The van der Waals surface area contributed by atoms with E-state index in [-0.39, 0.29) is 0 Å². The van der Waals surface area contributed by atoms with Crippen molar-refractivity contribution in [2.75, 3.05) is 0 Å². The Morgan fingerprint density at radius 3 is 2.47 bits per heavy atom. The molecule has 4 rings (SSSR count). The van der Waals surface area contributed by atoms with E-state index in [4.69, 9.17) is 0 Å². The minimum Gasteiger partial charge on any atom is -0.315 e. The van der Waals surface area contributed by atoms with Gasteiger partial charge in [-0.1, -0.05) is 0 Å². The summed E-state index contributed by atoms with van der Waals surface area (Å²) in [6, 6.07) is 1.56. The van der Waals surface area contributed by atoms with Crippen LogP contribution in [-0.2, 0) is 13.0 Å². The van der Waals surface area contributed by atoms with E-state index < -0.39 is 0 Å². The monoisotopic (exact) mass is 260 g/mol. The third-order valence-corrected chi connectivity index (χ3v) is 5.19. The van der Waals surface area contributed by atoms with Gasteiger partial charge in [0.1, 0.15) is 11.6 Å². The third kappa shape index (κ3) is 2.42. The van der Waals surface area contributed by atoms with Gasteiger partial charge in [0.05, 0.1) is 0 Å². The number of hydrogen-bond donors (Lipinski definition) is 1. The van der Waals surface area contributed by atoms with Gasteiger partial charge in [0.15, 0.2) is 0 Å². The van der Waals surface area contributed by atoms with Crippen LogP contribution in [0.2, 0.25) is 0 Å². The van der Waals surface area contributed by atoms with Gasteiger partial charge in [-0.3, -0.25) is 0 Å². The molecule has 2 bridgehead atoms. The van der Waals surface area contributed by atoms with E-state index in [0.29, 0.717) is 0 Å². The number of rotatable bonds is 4. The van der Waals surface area contributed by atoms with Gasteiger partial charge in [0.25, 0.3) is 0 Å². The lowest BCUT2D eigenvalue weighted by Gasteiger charge is -2.28. The van der Waals surface area contributed by atoms with Crippen LogP contribution >= 0.6 is 0 Å². The zero-order valence-corrected chi connectivity index (χ0v) is 11.8. The van der Waals surface area contributed by atoms with Crippen LogP contribution in [0.5, 0.6) is 0 Å². The van der Waals surface area contributed by atoms with Gasteiger partial charge < -0.3 is 9.88 Å². The number of nitrogens with zero attached hydrogens (tertiary/aromatic N) is 3. The van der Waals surface area contributed by atoms with Gasteiger partial charge in [-0.25, -0.2) is 0 Å². The third-order valence-electron chi connectivity index (χ3n) is 5.19. The zero-order chi connectivity index (χ0) is 12.8. The largest absolute Gasteiger partial charge is 0.315 e. The summed E-state index contributed by atoms with van der Waals surface area (Å²) in [6.45, 7) is 3.26. The minimum absolute atomic E-state index is 0.782. The second kappa shape index (κ2) is 4.58. The lowest BCUT2D eigenvalue weighted by atomic mass is 9.89. The lowest BCUT2D eigenvalue weighted by molar-refractivity contribution is 0.292. The van der Waals surface area contributed by atoms with Crippen molar-refractivity contribution in [2.24, 2.45) is 11.8 Å². The zero-order valence-electron chi connectivity index (χ0n) is 11.8. The highest BCUT2D eigenvalue weighted by molar-refractivity contribution is 5.00. The molecule has 0 radical (unpaired) electrons. The Hall–Kier alpha value is -0.900. The van der Waals surface area contributed by atoms with Crippen molar-refractivity contribution in [1.82, 2.24) is 20.1 Å². The fraction of sp³-hybridized carbons (Fsp3) is 0.867. The van der Waals surface area contributed by atoms with E-state index >= 15 is 0 Å². The summed E-state index contributed by atoms with van der Waals surface area (Å²) in [6.07, 6.45) is 9.38. The first-order valence-corrected chi connectivity index (χ1v) is 7.92. The van der Waals surface area contributed by atoms with E-state index in [1.165, 1.54) is 44.3 Å². The van der Waals surface area contributed by atoms with Crippen LogP contribution in [0.1, 0.15) is 50.2 Å². The molecule has 0 aromatic carbocycles. The number of nitrogens with one attached hydrogen (secondary N) is 1. The highest BCUT2D eigenvalue weighted by atomic mass is 15.3. The second-order valence-corrected chi connectivity index (χ2v) is 6.90. The highest BCUT2D eigenvalue weighted by Crippen LogP contribution is 2.34. The molecule has 3 heterocycles. The summed E-state index contributed by atoms with van der Waals surface area (Å²) in [5.41, 5.74) is 0. The van der Waals surface area contributed by atoms with Gasteiger partial charge >= 0.3 is 0 Å². The normalized spacial score (nSPS) is 33.8. The molecule has 1 N–H and O–H groups in total. The van der Waals surface area contributed by atoms with Crippen LogP contribution in [0.4, 0.5) is 0 Å². The second-order valence-electron chi connectivity index (χ2n) is 6.90. The molecule has 1 aromatic heterocycles. The Morgan fingerprint density at radius 1 is 1.05 bits per heavy atom. The number of aryl methyl sites for hydroxylation is 1. The fourth-order valence-corrected chi connectivity index (χ4v) is 3.97. The Balaban J connectivity index is 1.47. The molecule has 2 unspecified atom stereocenters. The Bertz CT molecular complexity index is 451. The number of piperidine rings is 1. The van der Waals surface area contributed by atoms with Crippen molar-refractivity contribution in [3.8, 4) is 0 Å². The van der Waals surface area contributed by atoms with Crippen molar-refractivity contribution in [3.63, 3.8) is 0 Å². The van der Waals surface area contributed by atoms with Crippen LogP contribution < -0.4 is 5.32 Å². The van der Waals surface area contributed by atoms with E-state index in [1.54, 1.807) is 0 Å². The summed E-state index contributed by atoms with van der Waals surface area (Å²) in [5.74, 6) is 4.08. The molecule has 1 saturated carbocycles. The van der Waals surface area contributed by atoms with Crippen LogP contribution in [-0.4, -0.2) is 26.8 Å². The molecule has 0 spiro atoms. The van der Waals surface area contributed by atoms with Gasteiger partial charge in [0.2, 0.25) is 0 Å². The van der Waals surface area contributed by atoms with Crippen molar-refractivity contribution >= 4 is 0 Å². The lowest BCUT2D eigenvalue weighted by Crippen LogP contribution is -2.38. The number of aromatic nitrogens is 3. The summed E-state index contributed by atoms with van der Waals surface area (Å²) in [7, 11) is 0. The number of hydrogen-bond acceptors (Lipinski definition) is 3. The van der Waals surface area contributed by atoms with Gasteiger partial charge in [-0.2, -0.15) is 0 Å². The molecular formula is C15H24N4. The first kappa shape index (κ1) is 11.9. The molecule has 3 aliphatic rings. The maximum Gasteiger partial charge on any atom is 0.133 e. The number of fused-ring (bicyclic) bond motifs is 2. The molecule has 2 saturated heterocycles. The maximum atomic E-state index is 4.45. The van der Waals surface area contributed by atoms with E-state index in [9.17, 15) is 0 Å². The summed E-state index contributed by atoms with van der Waals surface area (Å²) < 4.78 is 2.39. The SMILES string of the molecule is Cc1nnc(CC2CC3CCC(C2)N3)n1CC1CC1. The molecule has 1 aromatic rings. The predicted octanol–water partition coefficient (Wildman–Crippen LogP) is 2.07. The van der Waals surface area contributed by atoms with Crippen LogP contribution in [0.3, 0.4) is 0 Å². The molecular weight excluding hydrogens is 236 g/mol. The topological polar surface area (TPSA) is 42.7 Å². The quantitative estimate of drug-likeness (QED) is 0.901. The molecule has 0 amide bonds. The maximum absolute atomic E-state index is 4.45. The molecule has 19 heavy (non-hydrogen) atoms. The van der Waals surface area contributed by atoms with Gasteiger partial charge in [0, 0.05) is 25.0 Å². The van der Waals surface area contributed by atoms with Crippen LogP contribution in [0.25, 0.3) is 0 Å². The molecule has 4 nitrogen and oxygen atoms in total. The van der Waals surface area contributed by atoms with Crippen molar-refractivity contribution in [3.05, 3.63) is 11.6 Å². The van der Waals surface area contributed by atoms with E-state index in [2.05, 4.69) is 27.0 Å². The smallest absolute Gasteiger partial charge is 0.133 e. The van der Waals surface area contributed by atoms with E-state index in [1.807, 2.05) is 0 Å². The average Bonchev–Trinajstić information content (AvgIpc) is 3.08. The average molecular weight is 260 g/mol. The molecule has 2 aliphatic heterocycles. The molecule has 1 aliphatic carbocycles. The van der Waals surface area contributed by atoms with Crippen molar-refractivity contribution < 1.29 is 0 Å². The summed E-state index contributed by atoms with van der Waals surface area (Å²) in [4.78, 5) is 0. The van der Waals surface area contributed by atoms with Crippen LogP contribution in [0, 0.1) is 18.8 Å². The molecule has 3 fully saturated rings. The van der Waals surface area contributed by atoms with Crippen molar-refractivity contribution in [1.29, 1.82) is 0 Å². The predicted molar refractivity (Wildman–Crippen MR) is 73.9 cm³/mol. The summed E-state index contributed by atoms with van der Waals surface area (Å²) in [5, 5.41) is 12.5. The molecule has 2 atom stereocenters. The van der Waals surface area contributed by atoms with Gasteiger partial charge in [-0.15, -0.1) is 10.2 Å². The first-order chi connectivity index (χ1) is 9.28. The van der Waals surface area contributed by atoms with Gasteiger partial charge in [-0.05, 0) is 57.3 Å². The fourth-order valence-electron chi connectivity index (χ4n) is 3.97. The standard InChI is InChI=1S/C15H24N4/c1-10-17-18-15(19(10)9-11-2-3-11)8-12-6-13-4-5-14(7-12)16-13/h11-14,16H,2-9H2,1H3. The highest BCUT2D eigenvalue weighted by Gasteiger charge is 2.34. The molecule has 104 valence electrons. The van der Waals surface area contributed by atoms with Crippen LogP contribution in [0.15, 0.2) is 0 Å². The minimum atomic E-state index is 0.782. The molecule has 4 heteroatoms. The Morgan fingerprint density at radius 2 is 1.79 bits per heavy atom.